The number of hydrogen-bond donors (Lipinski definition) is 1. The van der Waals surface area contributed by atoms with E-state index < -0.39 is 0 Å². The molecule has 1 aliphatic heterocycles. The van der Waals surface area contributed by atoms with Crippen molar-refractivity contribution in [3.63, 3.8) is 0 Å². The van der Waals surface area contributed by atoms with E-state index in [-0.39, 0.29) is 6.10 Å². The maximum atomic E-state index is 9.25. The van der Waals surface area contributed by atoms with E-state index in [0.717, 1.165) is 11.1 Å². The van der Waals surface area contributed by atoms with Crippen LogP contribution in [0.1, 0.15) is 11.1 Å². The summed E-state index contributed by atoms with van der Waals surface area (Å²) in [4.78, 5) is 9.37. The zero-order valence-corrected chi connectivity index (χ0v) is 8.18. The molecule has 0 bridgehead atoms. The fraction of sp³-hybridized carbons (Fsp3) is 0.500. The Bertz CT molecular complexity index is 317. The molecule has 4 heteroatoms. The number of aryl methyl sites for hydroxylation is 1. The van der Waals surface area contributed by atoms with Crippen LogP contribution in [0.5, 0.6) is 0 Å². The number of pyridine rings is 1. The van der Waals surface area contributed by atoms with Gasteiger partial charge in [0.25, 0.3) is 0 Å². The van der Waals surface area contributed by atoms with E-state index in [0.29, 0.717) is 19.7 Å². The second-order valence-electron chi connectivity index (χ2n) is 3.64. The topological polar surface area (TPSA) is 45.6 Å². The molecule has 1 saturated heterocycles. The third-order valence-corrected chi connectivity index (χ3v) is 2.15. The summed E-state index contributed by atoms with van der Waals surface area (Å²) >= 11 is 0. The minimum absolute atomic E-state index is 0.354. The lowest BCUT2D eigenvalue weighted by atomic mass is 10.2. The van der Waals surface area contributed by atoms with Crippen LogP contribution in [0.15, 0.2) is 18.5 Å². The molecule has 0 amide bonds. The summed E-state index contributed by atoms with van der Waals surface area (Å²) in [6.07, 6.45) is 3.29. The van der Waals surface area contributed by atoms with Crippen LogP contribution in [0.3, 0.4) is 0 Å². The molecule has 0 unspecified atom stereocenters. The highest BCUT2D eigenvalue weighted by Crippen LogP contribution is 2.11. The van der Waals surface area contributed by atoms with E-state index in [9.17, 15) is 5.11 Å². The van der Waals surface area contributed by atoms with Gasteiger partial charge in [0.05, 0.1) is 25.8 Å². The zero-order chi connectivity index (χ0) is 9.97. The lowest BCUT2D eigenvalue weighted by Crippen LogP contribution is -2.20. The van der Waals surface area contributed by atoms with E-state index in [4.69, 9.17) is 4.84 Å². The summed E-state index contributed by atoms with van der Waals surface area (Å²) in [6, 6.07) is 2.07. The average molecular weight is 194 g/mol. The zero-order valence-electron chi connectivity index (χ0n) is 8.18. The molecule has 1 aromatic rings. The smallest absolute Gasteiger partial charge is 0.0958 e. The minimum Gasteiger partial charge on any atom is -0.389 e. The molecule has 1 fully saturated rings. The van der Waals surface area contributed by atoms with Gasteiger partial charge in [-0.2, -0.15) is 5.06 Å². The second-order valence-corrected chi connectivity index (χ2v) is 3.64. The van der Waals surface area contributed by atoms with Gasteiger partial charge in [-0.3, -0.25) is 9.82 Å². The minimum atomic E-state index is -0.354. The maximum absolute atomic E-state index is 9.25. The molecular formula is C10H14N2O2. The highest BCUT2D eigenvalue weighted by Gasteiger charge is 2.21. The van der Waals surface area contributed by atoms with Gasteiger partial charge in [0, 0.05) is 12.4 Å². The Morgan fingerprint density at radius 1 is 1.64 bits per heavy atom. The Kier molecular flexibility index (Phi) is 2.77. The van der Waals surface area contributed by atoms with Crippen molar-refractivity contribution in [2.75, 3.05) is 13.2 Å². The van der Waals surface area contributed by atoms with E-state index in [1.54, 1.807) is 5.06 Å². The standard InChI is InChI=1S/C10H14N2O2/c1-8-2-9(4-11-3-8)5-12-6-10(13)7-14-12/h2-4,10,13H,5-7H2,1H3/t10-/m1/s1. The van der Waals surface area contributed by atoms with Crippen molar-refractivity contribution >= 4 is 0 Å². The first-order chi connectivity index (χ1) is 6.74. The maximum Gasteiger partial charge on any atom is 0.0958 e. The molecule has 1 N–H and O–H groups in total. The SMILES string of the molecule is Cc1cncc(CN2C[C@@H](O)CO2)c1. The van der Waals surface area contributed by atoms with Crippen molar-refractivity contribution in [1.29, 1.82) is 0 Å². The van der Waals surface area contributed by atoms with Crippen LogP contribution in [-0.2, 0) is 11.4 Å². The van der Waals surface area contributed by atoms with Crippen molar-refractivity contribution in [3.05, 3.63) is 29.6 Å². The molecule has 0 radical (unpaired) electrons. The molecule has 2 heterocycles. The first-order valence-corrected chi connectivity index (χ1v) is 4.70. The van der Waals surface area contributed by atoms with Crippen molar-refractivity contribution in [2.45, 2.75) is 19.6 Å². The van der Waals surface area contributed by atoms with Crippen LogP contribution >= 0.6 is 0 Å². The van der Waals surface area contributed by atoms with Gasteiger partial charge in [-0.1, -0.05) is 6.07 Å². The van der Waals surface area contributed by atoms with Crippen LogP contribution in [0.4, 0.5) is 0 Å². The van der Waals surface area contributed by atoms with Crippen LogP contribution in [0.25, 0.3) is 0 Å². The van der Waals surface area contributed by atoms with Crippen molar-refractivity contribution in [3.8, 4) is 0 Å². The quantitative estimate of drug-likeness (QED) is 0.744. The van der Waals surface area contributed by atoms with Gasteiger partial charge < -0.3 is 5.11 Å². The van der Waals surface area contributed by atoms with Gasteiger partial charge in [-0.05, 0) is 18.1 Å². The molecule has 4 nitrogen and oxygen atoms in total. The molecule has 2 rings (SSSR count). The van der Waals surface area contributed by atoms with Crippen molar-refractivity contribution < 1.29 is 9.94 Å². The monoisotopic (exact) mass is 194 g/mol. The first kappa shape index (κ1) is 9.58. The lowest BCUT2D eigenvalue weighted by molar-refractivity contribution is -0.118. The molecule has 0 aliphatic carbocycles. The number of β-amino-alcohol motifs (C(OH)–C–C–N with tert-alkyl or cyclic N) is 1. The molecular weight excluding hydrogens is 180 g/mol. The number of rotatable bonds is 2. The highest BCUT2D eigenvalue weighted by atomic mass is 16.7. The fourth-order valence-electron chi connectivity index (χ4n) is 1.55. The first-order valence-electron chi connectivity index (χ1n) is 4.70. The van der Waals surface area contributed by atoms with Crippen LogP contribution in [0, 0.1) is 6.92 Å². The summed E-state index contributed by atoms with van der Waals surface area (Å²) in [5.41, 5.74) is 2.25. The van der Waals surface area contributed by atoms with E-state index >= 15 is 0 Å². The van der Waals surface area contributed by atoms with Crippen LogP contribution < -0.4 is 0 Å². The third-order valence-electron chi connectivity index (χ3n) is 2.15. The Labute approximate surface area is 83.1 Å². The Balaban J connectivity index is 1.97. The normalized spacial score (nSPS) is 22.9. The lowest BCUT2D eigenvalue weighted by Gasteiger charge is -2.13. The molecule has 1 atom stereocenters. The van der Waals surface area contributed by atoms with E-state index in [1.807, 2.05) is 19.3 Å². The molecule has 0 spiro atoms. The van der Waals surface area contributed by atoms with Gasteiger partial charge in [0.2, 0.25) is 0 Å². The Morgan fingerprint density at radius 3 is 3.14 bits per heavy atom. The Morgan fingerprint density at radius 2 is 2.50 bits per heavy atom. The highest BCUT2D eigenvalue weighted by molar-refractivity contribution is 5.16. The largest absolute Gasteiger partial charge is 0.389 e. The average Bonchev–Trinajstić information content (AvgIpc) is 2.51. The second kappa shape index (κ2) is 4.04. The van der Waals surface area contributed by atoms with E-state index in [2.05, 4.69) is 11.1 Å². The van der Waals surface area contributed by atoms with Crippen LogP contribution in [0.2, 0.25) is 0 Å². The number of aliphatic hydroxyl groups excluding tert-OH is 1. The van der Waals surface area contributed by atoms with Gasteiger partial charge in [-0.15, -0.1) is 0 Å². The summed E-state index contributed by atoms with van der Waals surface area (Å²) in [6.45, 7) is 3.68. The molecule has 0 aromatic carbocycles. The summed E-state index contributed by atoms with van der Waals surface area (Å²) < 4.78 is 0. The van der Waals surface area contributed by atoms with Gasteiger partial charge >= 0.3 is 0 Å². The fourth-order valence-corrected chi connectivity index (χ4v) is 1.55. The summed E-state index contributed by atoms with van der Waals surface area (Å²) in [5, 5.41) is 11.0. The Hall–Kier alpha value is -0.970. The van der Waals surface area contributed by atoms with Crippen molar-refractivity contribution in [2.24, 2.45) is 0 Å². The number of nitrogens with zero attached hydrogens (tertiary/aromatic N) is 2. The molecule has 76 valence electrons. The molecule has 1 aliphatic rings. The summed E-state index contributed by atoms with van der Waals surface area (Å²) in [5.74, 6) is 0. The molecule has 0 saturated carbocycles. The number of hydroxylamine groups is 2. The molecule has 1 aromatic heterocycles. The number of aromatic nitrogens is 1. The predicted molar refractivity (Wildman–Crippen MR) is 51.3 cm³/mol. The van der Waals surface area contributed by atoms with Gasteiger partial charge in [-0.25, -0.2) is 0 Å². The number of aliphatic hydroxyl groups is 1. The number of hydrogen-bond acceptors (Lipinski definition) is 4. The van der Waals surface area contributed by atoms with Crippen molar-refractivity contribution in [1.82, 2.24) is 10.0 Å². The van der Waals surface area contributed by atoms with Crippen LogP contribution in [-0.4, -0.2) is 34.4 Å². The third kappa shape index (κ3) is 2.29. The van der Waals surface area contributed by atoms with Gasteiger partial charge in [0.15, 0.2) is 0 Å². The molecule has 14 heavy (non-hydrogen) atoms. The van der Waals surface area contributed by atoms with Gasteiger partial charge in [0.1, 0.15) is 0 Å². The summed E-state index contributed by atoms with van der Waals surface area (Å²) in [7, 11) is 0. The van der Waals surface area contributed by atoms with E-state index in [1.165, 1.54) is 0 Å². The predicted octanol–water partition coefficient (Wildman–Crippen LogP) is 0.498.